The van der Waals surface area contributed by atoms with Crippen molar-refractivity contribution in [3.8, 4) is 0 Å². The van der Waals surface area contributed by atoms with Crippen LogP contribution in [0.2, 0.25) is 0 Å². The van der Waals surface area contributed by atoms with Crippen molar-refractivity contribution in [2.24, 2.45) is 5.73 Å². The third-order valence-corrected chi connectivity index (χ3v) is 2.89. The first-order valence-electron chi connectivity index (χ1n) is 5.03. The van der Waals surface area contributed by atoms with Crippen LogP contribution in [0.3, 0.4) is 0 Å². The minimum atomic E-state index is 0.0872. The van der Waals surface area contributed by atoms with Crippen molar-refractivity contribution in [2.45, 2.75) is 31.7 Å². The van der Waals surface area contributed by atoms with Crippen molar-refractivity contribution in [3.05, 3.63) is 17.8 Å². The monoisotopic (exact) mass is 192 g/mol. The number of aryl methyl sites for hydroxylation is 1. The van der Waals surface area contributed by atoms with E-state index in [0.29, 0.717) is 6.54 Å². The van der Waals surface area contributed by atoms with Crippen LogP contribution in [0, 0.1) is 6.92 Å². The molecule has 0 bridgehead atoms. The molecule has 1 saturated carbocycles. The molecule has 0 atom stereocenters. The summed E-state index contributed by atoms with van der Waals surface area (Å²) in [5.41, 5.74) is 6.76. The number of hydrogen-bond acceptors (Lipinski definition) is 4. The van der Waals surface area contributed by atoms with Crippen LogP contribution in [-0.4, -0.2) is 22.3 Å². The van der Waals surface area contributed by atoms with Gasteiger partial charge in [-0.3, -0.25) is 0 Å². The van der Waals surface area contributed by atoms with E-state index in [4.69, 9.17) is 5.73 Å². The standard InChI is InChI=1S/C10H16N4/c1-8-3-4-9(14-13-8)12-10(7-11)5-2-6-10/h3-4H,2,5-7,11H2,1H3,(H,12,14). The van der Waals surface area contributed by atoms with Crippen molar-refractivity contribution in [1.82, 2.24) is 10.2 Å². The number of nitrogens with one attached hydrogen (secondary N) is 1. The van der Waals surface area contributed by atoms with Crippen LogP contribution in [0.5, 0.6) is 0 Å². The molecule has 0 spiro atoms. The summed E-state index contributed by atoms with van der Waals surface area (Å²) in [5.74, 6) is 0.834. The molecule has 0 aliphatic heterocycles. The molecule has 4 heteroatoms. The maximum Gasteiger partial charge on any atom is 0.149 e. The second-order valence-corrected chi connectivity index (χ2v) is 4.02. The maximum atomic E-state index is 5.74. The summed E-state index contributed by atoms with van der Waals surface area (Å²) >= 11 is 0. The summed E-state index contributed by atoms with van der Waals surface area (Å²) in [6.07, 6.45) is 3.53. The number of nitrogens with zero attached hydrogens (tertiary/aromatic N) is 2. The predicted molar refractivity (Wildman–Crippen MR) is 56.0 cm³/mol. The van der Waals surface area contributed by atoms with Crippen LogP contribution in [0.1, 0.15) is 25.0 Å². The number of nitrogens with two attached hydrogens (primary N) is 1. The molecule has 1 aliphatic rings. The summed E-state index contributed by atoms with van der Waals surface area (Å²) in [6, 6.07) is 3.91. The van der Waals surface area contributed by atoms with Gasteiger partial charge in [-0.05, 0) is 38.3 Å². The average Bonchev–Trinajstić information content (AvgIpc) is 2.15. The van der Waals surface area contributed by atoms with Gasteiger partial charge >= 0.3 is 0 Å². The topological polar surface area (TPSA) is 63.8 Å². The Morgan fingerprint density at radius 3 is 2.64 bits per heavy atom. The van der Waals surface area contributed by atoms with Gasteiger partial charge in [0, 0.05) is 6.54 Å². The van der Waals surface area contributed by atoms with E-state index in [-0.39, 0.29) is 5.54 Å². The van der Waals surface area contributed by atoms with E-state index in [1.807, 2.05) is 19.1 Å². The molecule has 4 nitrogen and oxygen atoms in total. The van der Waals surface area contributed by atoms with Crippen molar-refractivity contribution in [3.63, 3.8) is 0 Å². The van der Waals surface area contributed by atoms with Crippen LogP contribution in [0.4, 0.5) is 5.82 Å². The third kappa shape index (κ3) is 1.70. The Kier molecular flexibility index (Phi) is 2.37. The zero-order valence-electron chi connectivity index (χ0n) is 8.45. The van der Waals surface area contributed by atoms with Gasteiger partial charge in [0.1, 0.15) is 5.82 Å². The lowest BCUT2D eigenvalue weighted by Gasteiger charge is -2.41. The van der Waals surface area contributed by atoms with Crippen LogP contribution >= 0.6 is 0 Å². The molecule has 0 radical (unpaired) electrons. The van der Waals surface area contributed by atoms with E-state index >= 15 is 0 Å². The van der Waals surface area contributed by atoms with Crippen molar-refractivity contribution < 1.29 is 0 Å². The molecule has 1 aromatic heterocycles. The van der Waals surface area contributed by atoms with Gasteiger partial charge in [-0.15, -0.1) is 5.10 Å². The Morgan fingerprint density at radius 2 is 2.21 bits per heavy atom. The molecule has 1 fully saturated rings. The van der Waals surface area contributed by atoms with Gasteiger partial charge in [-0.1, -0.05) is 0 Å². The van der Waals surface area contributed by atoms with Crippen molar-refractivity contribution in [1.29, 1.82) is 0 Å². The van der Waals surface area contributed by atoms with Crippen LogP contribution in [0.15, 0.2) is 12.1 Å². The summed E-state index contributed by atoms with van der Waals surface area (Å²) in [5, 5.41) is 11.4. The minimum Gasteiger partial charge on any atom is -0.362 e. The second-order valence-electron chi connectivity index (χ2n) is 4.02. The zero-order chi connectivity index (χ0) is 10.0. The molecule has 1 aliphatic carbocycles. The van der Waals surface area contributed by atoms with Gasteiger partial charge in [-0.25, -0.2) is 0 Å². The molecule has 1 heterocycles. The Hall–Kier alpha value is -1.16. The van der Waals surface area contributed by atoms with Gasteiger partial charge in [0.2, 0.25) is 0 Å². The van der Waals surface area contributed by atoms with Crippen molar-refractivity contribution >= 4 is 5.82 Å². The second kappa shape index (κ2) is 3.53. The summed E-state index contributed by atoms with van der Waals surface area (Å²) < 4.78 is 0. The molecular weight excluding hydrogens is 176 g/mol. The van der Waals surface area contributed by atoms with E-state index < -0.39 is 0 Å². The fourth-order valence-electron chi connectivity index (χ4n) is 1.72. The quantitative estimate of drug-likeness (QED) is 0.752. The number of rotatable bonds is 3. The lowest BCUT2D eigenvalue weighted by Crippen LogP contribution is -2.51. The van der Waals surface area contributed by atoms with E-state index in [2.05, 4.69) is 15.5 Å². The average molecular weight is 192 g/mol. The Bertz CT molecular complexity index is 297. The first-order chi connectivity index (χ1) is 6.74. The third-order valence-electron chi connectivity index (χ3n) is 2.89. The predicted octanol–water partition coefficient (Wildman–Crippen LogP) is 1.08. The minimum absolute atomic E-state index is 0.0872. The van der Waals surface area contributed by atoms with E-state index in [1.54, 1.807) is 0 Å². The first-order valence-corrected chi connectivity index (χ1v) is 5.03. The number of hydrogen-bond donors (Lipinski definition) is 2. The zero-order valence-corrected chi connectivity index (χ0v) is 8.45. The lowest BCUT2D eigenvalue weighted by molar-refractivity contribution is 0.286. The molecule has 76 valence electrons. The Balaban J connectivity index is 2.06. The smallest absolute Gasteiger partial charge is 0.149 e. The van der Waals surface area contributed by atoms with Crippen LogP contribution in [-0.2, 0) is 0 Å². The van der Waals surface area contributed by atoms with Gasteiger partial charge in [0.05, 0.1) is 11.2 Å². The fourth-order valence-corrected chi connectivity index (χ4v) is 1.72. The number of aromatic nitrogens is 2. The van der Waals surface area contributed by atoms with Gasteiger partial charge < -0.3 is 11.1 Å². The highest BCUT2D eigenvalue weighted by atomic mass is 15.2. The molecule has 0 aromatic carbocycles. The molecular formula is C10H16N4. The largest absolute Gasteiger partial charge is 0.362 e. The SMILES string of the molecule is Cc1ccc(NC2(CN)CCC2)nn1. The maximum absolute atomic E-state index is 5.74. The van der Waals surface area contributed by atoms with Gasteiger partial charge in [0.15, 0.2) is 0 Å². The lowest BCUT2D eigenvalue weighted by atomic mass is 9.77. The van der Waals surface area contributed by atoms with Gasteiger partial charge in [0.25, 0.3) is 0 Å². The van der Waals surface area contributed by atoms with E-state index in [0.717, 1.165) is 24.4 Å². The molecule has 1 aromatic rings. The Labute approximate surface area is 83.9 Å². The summed E-state index contributed by atoms with van der Waals surface area (Å²) in [6.45, 7) is 2.60. The Morgan fingerprint density at radius 1 is 1.43 bits per heavy atom. The van der Waals surface area contributed by atoms with Crippen LogP contribution < -0.4 is 11.1 Å². The van der Waals surface area contributed by atoms with Gasteiger partial charge in [-0.2, -0.15) is 5.10 Å². The molecule has 3 N–H and O–H groups in total. The molecule has 14 heavy (non-hydrogen) atoms. The van der Waals surface area contributed by atoms with E-state index in [9.17, 15) is 0 Å². The van der Waals surface area contributed by atoms with Crippen molar-refractivity contribution in [2.75, 3.05) is 11.9 Å². The first kappa shape index (κ1) is 9.40. The summed E-state index contributed by atoms with van der Waals surface area (Å²) in [7, 11) is 0. The van der Waals surface area contributed by atoms with Crippen LogP contribution in [0.25, 0.3) is 0 Å². The summed E-state index contributed by atoms with van der Waals surface area (Å²) in [4.78, 5) is 0. The highest BCUT2D eigenvalue weighted by Crippen LogP contribution is 2.33. The molecule has 2 rings (SSSR count). The highest BCUT2D eigenvalue weighted by Gasteiger charge is 2.35. The number of anilines is 1. The molecule has 0 unspecified atom stereocenters. The highest BCUT2D eigenvalue weighted by molar-refractivity contribution is 5.38. The molecule has 0 saturated heterocycles. The normalized spacial score (nSPS) is 18.7. The van der Waals surface area contributed by atoms with E-state index in [1.165, 1.54) is 6.42 Å². The fraction of sp³-hybridized carbons (Fsp3) is 0.600. The molecule has 0 amide bonds.